The first kappa shape index (κ1) is 19.9. The second kappa shape index (κ2) is 7.66. The molecule has 4 nitrogen and oxygen atoms in total. The summed E-state index contributed by atoms with van der Waals surface area (Å²) in [5.41, 5.74) is 1.19. The molecule has 2 aromatic carbocycles. The summed E-state index contributed by atoms with van der Waals surface area (Å²) in [6, 6.07) is 12.1. The Morgan fingerprint density at radius 2 is 1.71 bits per heavy atom. The molecule has 1 aliphatic heterocycles. The molecule has 2 aromatic rings. The standard InChI is InChI=1S/C21H21F3N2O2/c1-14-8-9-18(21(22,23)24)10-17(14)12-26-15(2)20(28)25(13-19(26)27)11-16-6-4-3-5-7-16/h3-10,15H,11-13H2,1-2H3/t15-/m1/s1. The molecule has 1 atom stereocenters. The molecule has 148 valence electrons. The largest absolute Gasteiger partial charge is 0.416 e. The van der Waals surface area contributed by atoms with Crippen LogP contribution in [0.5, 0.6) is 0 Å². The minimum Gasteiger partial charge on any atom is -0.327 e. The van der Waals surface area contributed by atoms with Crippen molar-refractivity contribution in [2.24, 2.45) is 0 Å². The van der Waals surface area contributed by atoms with E-state index >= 15 is 0 Å². The number of carbonyl (C=O) groups is 2. The van der Waals surface area contributed by atoms with Gasteiger partial charge in [0.25, 0.3) is 0 Å². The summed E-state index contributed by atoms with van der Waals surface area (Å²) in [6.45, 7) is 3.52. The molecular formula is C21H21F3N2O2. The molecule has 0 aromatic heterocycles. The van der Waals surface area contributed by atoms with E-state index < -0.39 is 17.8 Å². The maximum atomic E-state index is 13.0. The van der Waals surface area contributed by atoms with Gasteiger partial charge in [0.1, 0.15) is 12.6 Å². The van der Waals surface area contributed by atoms with E-state index in [1.165, 1.54) is 15.9 Å². The average molecular weight is 390 g/mol. The normalized spacial score (nSPS) is 18.0. The van der Waals surface area contributed by atoms with Gasteiger partial charge in [-0.15, -0.1) is 0 Å². The van der Waals surface area contributed by atoms with E-state index in [-0.39, 0.29) is 24.9 Å². The molecule has 1 aliphatic rings. The number of benzene rings is 2. The molecule has 28 heavy (non-hydrogen) atoms. The fourth-order valence-electron chi connectivity index (χ4n) is 3.31. The second-order valence-electron chi connectivity index (χ2n) is 7.02. The molecule has 0 bridgehead atoms. The van der Waals surface area contributed by atoms with E-state index in [1.807, 2.05) is 30.3 Å². The molecule has 0 unspecified atom stereocenters. The van der Waals surface area contributed by atoms with Gasteiger partial charge in [0.2, 0.25) is 11.8 Å². The van der Waals surface area contributed by atoms with Gasteiger partial charge in [-0.3, -0.25) is 9.59 Å². The van der Waals surface area contributed by atoms with Crippen molar-refractivity contribution in [1.29, 1.82) is 0 Å². The molecule has 0 radical (unpaired) electrons. The Balaban J connectivity index is 1.78. The lowest BCUT2D eigenvalue weighted by molar-refractivity contribution is -0.156. The Bertz CT molecular complexity index is 881. The van der Waals surface area contributed by atoms with E-state index in [2.05, 4.69) is 0 Å². The van der Waals surface area contributed by atoms with Crippen LogP contribution in [0.25, 0.3) is 0 Å². The van der Waals surface area contributed by atoms with Gasteiger partial charge in [0.15, 0.2) is 0 Å². The fraction of sp³-hybridized carbons (Fsp3) is 0.333. The molecule has 7 heteroatoms. The summed E-state index contributed by atoms with van der Waals surface area (Å²) in [5, 5.41) is 0. The van der Waals surface area contributed by atoms with Crippen LogP contribution in [-0.2, 0) is 28.9 Å². The van der Waals surface area contributed by atoms with Crippen LogP contribution in [0, 0.1) is 6.92 Å². The third-order valence-corrected chi connectivity index (χ3v) is 5.02. The smallest absolute Gasteiger partial charge is 0.327 e. The van der Waals surface area contributed by atoms with Crippen LogP contribution >= 0.6 is 0 Å². The van der Waals surface area contributed by atoms with Crippen molar-refractivity contribution in [2.75, 3.05) is 6.54 Å². The number of alkyl halides is 3. The Hall–Kier alpha value is -2.83. The maximum absolute atomic E-state index is 13.0. The second-order valence-corrected chi connectivity index (χ2v) is 7.02. The van der Waals surface area contributed by atoms with Gasteiger partial charge < -0.3 is 9.80 Å². The molecule has 1 fully saturated rings. The highest BCUT2D eigenvalue weighted by molar-refractivity contribution is 5.94. The first-order chi connectivity index (χ1) is 13.2. The fourth-order valence-corrected chi connectivity index (χ4v) is 3.31. The summed E-state index contributed by atoms with van der Waals surface area (Å²) < 4.78 is 39.0. The quantitative estimate of drug-likeness (QED) is 0.797. The number of carbonyl (C=O) groups excluding carboxylic acids is 2. The first-order valence-corrected chi connectivity index (χ1v) is 8.95. The zero-order chi connectivity index (χ0) is 20.5. The zero-order valence-electron chi connectivity index (χ0n) is 15.7. The number of hydrogen-bond acceptors (Lipinski definition) is 2. The van der Waals surface area contributed by atoms with Crippen molar-refractivity contribution in [3.05, 3.63) is 70.8 Å². The molecule has 3 rings (SSSR count). The van der Waals surface area contributed by atoms with Gasteiger partial charge in [0, 0.05) is 13.1 Å². The lowest BCUT2D eigenvalue weighted by atomic mass is 10.0. The van der Waals surface area contributed by atoms with Crippen LogP contribution in [0.1, 0.15) is 29.2 Å². The highest BCUT2D eigenvalue weighted by Crippen LogP contribution is 2.31. The highest BCUT2D eigenvalue weighted by Gasteiger charge is 2.37. The van der Waals surface area contributed by atoms with Crippen molar-refractivity contribution in [2.45, 2.75) is 39.2 Å². The predicted molar refractivity (Wildman–Crippen MR) is 98.1 cm³/mol. The number of hydrogen-bond donors (Lipinski definition) is 0. The lowest BCUT2D eigenvalue weighted by Gasteiger charge is -2.39. The predicted octanol–water partition coefficient (Wildman–Crippen LogP) is 3.77. The van der Waals surface area contributed by atoms with Crippen LogP contribution in [0.4, 0.5) is 13.2 Å². The molecule has 0 spiro atoms. The van der Waals surface area contributed by atoms with Crippen LogP contribution in [0.15, 0.2) is 48.5 Å². The molecule has 0 N–H and O–H groups in total. The van der Waals surface area contributed by atoms with E-state index in [0.717, 1.165) is 17.7 Å². The third kappa shape index (κ3) is 4.18. The van der Waals surface area contributed by atoms with Gasteiger partial charge in [0.05, 0.1) is 5.56 Å². The van der Waals surface area contributed by atoms with Crippen LogP contribution in [0.2, 0.25) is 0 Å². The van der Waals surface area contributed by atoms with Crippen molar-refractivity contribution in [1.82, 2.24) is 9.80 Å². The summed E-state index contributed by atoms with van der Waals surface area (Å²) in [4.78, 5) is 28.2. The van der Waals surface area contributed by atoms with Crippen LogP contribution in [0.3, 0.4) is 0 Å². The number of halogens is 3. The van der Waals surface area contributed by atoms with Crippen molar-refractivity contribution < 1.29 is 22.8 Å². The summed E-state index contributed by atoms with van der Waals surface area (Å²) in [5.74, 6) is -0.493. The average Bonchev–Trinajstić information content (AvgIpc) is 2.64. The number of aryl methyl sites for hydroxylation is 1. The summed E-state index contributed by atoms with van der Waals surface area (Å²) >= 11 is 0. The van der Waals surface area contributed by atoms with Gasteiger partial charge in [-0.1, -0.05) is 36.4 Å². The van der Waals surface area contributed by atoms with E-state index in [0.29, 0.717) is 17.7 Å². The molecule has 1 saturated heterocycles. The molecular weight excluding hydrogens is 369 g/mol. The SMILES string of the molecule is Cc1ccc(C(F)(F)F)cc1CN1C(=O)CN(Cc2ccccc2)C(=O)[C@H]1C. The van der Waals surface area contributed by atoms with Crippen LogP contribution < -0.4 is 0 Å². The summed E-state index contributed by atoms with van der Waals surface area (Å²) in [7, 11) is 0. The molecule has 2 amide bonds. The van der Waals surface area contributed by atoms with Gasteiger partial charge in [-0.2, -0.15) is 13.2 Å². The molecule has 1 heterocycles. The van der Waals surface area contributed by atoms with Gasteiger partial charge in [-0.25, -0.2) is 0 Å². The van der Waals surface area contributed by atoms with Gasteiger partial charge in [-0.05, 0) is 42.7 Å². The Labute approximate surface area is 161 Å². The van der Waals surface area contributed by atoms with Crippen molar-refractivity contribution in [3.63, 3.8) is 0 Å². The van der Waals surface area contributed by atoms with Crippen LogP contribution in [-0.4, -0.2) is 34.2 Å². The number of rotatable bonds is 4. The number of amides is 2. The lowest BCUT2D eigenvalue weighted by Crippen LogP contribution is -2.58. The monoisotopic (exact) mass is 390 g/mol. The first-order valence-electron chi connectivity index (χ1n) is 8.95. The van der Waals surface area contributed by atoms with Crippen molar-refractivity contribution in [3.8, 4) is 0 Å². The molecule has 0 aliphatic carbocycles. The van der Waals surface area contributed by atoms with E-state index in [4.69, 9.17) is 0 Å². The number of nitrogens with zero attached hydrogens (tertiary/aromatic N) is 2. The Kier molecular flexibility index (Phi) is 5.45. The van der Waals surface area contributed by atoms with E-state index in [1.54, 1.807) is 13.8 Å². The van der Waals surface area contributed by atoms with Gasteiger partial charge >= 0.3 is 6.18 Å². The molecule has 0 saturated carbocycles. The minimum absolute atomic E-state index is 0.0271. The maximum Gasteiger partial charge on any atom is 0.416 e. The van der Waals surface area contributed by atoms with Crippen molar-refractivity contribution >= 4 is 11.8 Å². The highest BCUT2D eigenvalue weighted by atomic mass is 19.4. The summed E-state index contributed by atoms with van der Waals surface area (Å²) in [6.07, 6.45) is -4.46. The Morgan fingerprint density at radius 1 is 1.04 bits per heavy atom. The minimum atomic E-state index is -4.46. The van der Waals surface area contributed by atoms with E-state index in [9.17, 15) is 22.8 Å². The Morgan fingerprint density at radius 3 is 2.36 bits per heavy atom. The zero-order valence-corrected chi connectivity index (χ0v) is 15.7. The number of piperazine rings is 1. The third-order valence-electron chi connectivity index (χ3n) is 5.02. The topological polar surface area (TPSA) is 40.6 Å².